The minimum Gasteiger partial charge on any atom is -0.480 e. The lowest BCUT2D eigenvalue weighted by Gasteiger charge is -2.25. The number of benzene rings is 1. The van der Waals surface area contributed by atoms with E-state index in [0.717, 1.165) is 10.7 Å². The molecule has 1 atom stereocenters. The number of hydrogen-bond donors (Lipinski definition) is 2. The highest BCUT2D eigenvalue weighted by Crippen LogP contribution is 2.23. The second-order valence-corrected chi connectivity index (χ2v) is 7.68. The lowest BCUT2D eigenvalue weighted by Crippen LogP contribution is -2.51. The van der Waals surface area contributed by atoms with Crippen molar-refractivity contribution in [1.29, 1.82) is 0 Å². The van der Waals surface area contributed by atoms with Crippen LogP contribution in [0.3, 0.4) is 0 Å². The molecule has 0 spiro atoms. The predicted molar refractivity (Wildman–Crippen MR) is 98.4 cm³/mol. The maximum absolute atomic E-state index is 12.3. The molecule has 1 rings (SSSR count). The standard InChI is InChI=1S/C12H12I3NO3/c1-3-12(2,11(18)19)16-10(17)7-4-6(13)5-8(14)9(7)15/h4-5H,3H2,1-2H3,(H,16,17)(H,18,19). The van der Waals surface area contributed by atoms with Crippen LogP contribution in [0.2, 0.25) is 0 Å². The number of aliphatic carboxylic acids is 1. The second-order valence-electron chi connectivity index (χ2n) is 4.19. The van der Waals surface area contributed by atoms with E-state index in [1.165, 1.54) is 6.92 Å². The first-order chi connectivity index (χ1) is 8.71. The van der Waals surface area contributed by atoms with Gasteiger partial charge in [-0.2, -0.15) is 0 Å². The van der Waals surface area contributed by atoms with Crippen LogP contribution in [0.1, 0.15) is 30.6 Å². The minimum absolute atomic E-state index is 0.325. The molecule has 104 valence electrons. The third-order valence-corrected chi connectivity index (χ3v) is 6.47. The Morgan fingerprint density at radius 1 is 1.32 bits per heavy atom. The van der Waals surface area contributed by atoms with E-state index in [0.29, 0.717) is 12.0 Å². The average Bonchev–Trinajstić information content (AvgIpc) is 2.33. The largest absolute Gasteiger partial charge is 0.480 e. The summed E-state index contributed by atoms with van der Waals surface area (Å²) in [5.41, 5.74) is -0.731. The molecule has 2 N–H and O–H groups in total. The molecule has 19 heavy (non-hydrogen) atoms. The molecule has 1 aromatic rings. The topological polar surface area (TPSA) is 66.4 Å². The molecule has 1 unspecified atom stereocenters. The molecule has 0 radical (unpaired) electrons. The van der Waals surface area contributed by atoms with Crippen LogP contribution >= 0.6 is 67.8 Å². The molecule has 0 aliphatic heterocycles. The van der Waals surface area contributed by atoms with E-state index >= 15 is 0 Å². The summed E-state index contributed by atoms with van der Waals surface area (Å²) >= 11 is 6.40. The van der Waals surface area contributed by atoms with Gasteiger partial charge in [-0.25, -0.2) is 4.79 Å². The molecule has 0 heterocycles. The molecule has 0 bridgehead atoms. The van der Waals surface area contributed by atoms with Crippen LogP contribution in [0.25, 0.3) is 0 Å². The number of nitrogens with one attached hydrogen (secondary N) is 1. The summed E-state index contributed by atoms with van der Waals surface area (Å²) in [6.45, 7) is 3.25. The minimum atomic E-state index is -1.24. The number of carbonyl (C=O) groups is 2. The van der Waals surface area contributed by atoms with Crippen molar-refractivity contribution in [2.45, 2.75) is 25.8 Å². The Labute approximate surface area is 152 Å². The van der Waals surface area contributed by atoms with Crippen molar-refractivity contribution in [3.8, 4) is 0 Å². The molecule has 0 fully saturated rings. The van der Waals surface area contributed by atoms with Gasteiger partial charge in [0.15, 0.2) is 0 Å². The smallest absolute Gasteiger partial charge is 0.329 e. The van der Waals surface area contributed by atoms with Crippen LogP contribution in [-0.2, 0) is 4.79 Å². The SMILES string of the molecule is CCC(C)(NC(=O)c1cc(I)cc(I)c1I)C(=O)O. The number of carbonyl (C=O) groups excluding carboxylic acids is 1. The van der Waals surface area contributed by atoms with Gasteiger partial charge in [0.1, 0.15) is 5.54 Å². The number of rotatable bonds is 4. The number of halogens is 3. The van der Waals surface area contributed by atoms with Crippen LogP contribution in [0.5, 0.6) is 0 Å². The van der Waals surface area contributed by atoms with Gasteiger partial charge in [-0.1, -0.05) is 6.92 Å². The first kappa shape index (κ1) is 17.4. The molecule has 0 aliphatic carbocycles. The summed E-state index contributed by atoms with van der Waals surface area (Å²) in [6, 6.07) is 3.73. The highest BCUT2D eigenvalue weighted by Gasteiger charge is 2.33. The zero-order valence-corrected chi connectivity index (χ0v) is 16.7. The maximum Gasteiger partial charge on any atom is 0.329 e. The molecular weight excluding hydrogens is 587 g/mol. The Hall–Kier alpha value is 0.350. The fourth-order valence-electron chi connectivity index (χ4n) is 1.33. The summed E-state index contributed by atoms with van der Waals surface area (Å²) in [5.74, 6) is -1.38. The predicted octanol–water partition coefficient (Wildman–Crippen LogP) is 3.48. The third-order valence-electron chi connectivity index (χ3n) is 2.81. The summed E-state index contributed by atoms with van der Waals surface area (Å²) < 4.78 is 2.75. The van der Waals surface area contributed by atoms with Crippen LogP contribution in [0.4, 0.5) is 0 Å². The van der Waals surface area contributed by atoms with Crippen LogP contribution in [0, 0.1) is 10.7 Å². The van der Waals surface area contributed by atoms with E-state index < -0.39 is 11.5 Å². The molecular formula is C12H12I3NO3. The van der Waals surface area contributed by atoms with Gasteiger partial charge >= 0.3 is 5.97 Å². The Morgan fingerprint density at radius 3 is 2.37 bits per heavy atom. The first-order valence-electron chi connectivity index (χ1n) is 5.41. The van der Waals surface area contributed by atoms with E-state index in [2.05, 4.69) is 73.1 Å². The van der Waals surface area contributed by atoms with Crippen LogP contribution in [0.15, 0.2) is 12.1 Å². The van der Waals surface area contributed by atoms with Gasteiger partial charge in [0.25, 0.3) is 5.91 Å². The monoisotopic (exact) mass is 599 g/mol. The quantitative estimate of drug-likeness (QED) is 0.412. The molecule has 0 saturated carbocycles. The van der Waals surface area contributed by atoms with E-state index in [9.17, 15) is 14.7 Å². The van der Waals surface area contributed by atoms with Crippen molar-refractivity contribution in [2.24, 2.45) is 0 Å². The number of amides is 1. The Kier molecular flexibility index (Phi) is 6.29. The van der Waals surface area contributed by atoms with Crippen molar-refractivity contribution in [1.82, 2.24) is 5.32 Å². The molecule has 7 heteroatoms. The van der Waals surface area contributed by atoms with Gasteiger partial charge in [-0.15, -0.1) is 0 Å². The lowest BCUT2D eigenvalue weighted by atomic mass is 9.98. The van der Waals surface area contributed by atoms with E-state index in [4.69, 9.17) is 0 Å². The van der Waals surface area contributed by atoms with Crippen molar-refractivity contribution < 1.29 is 14.7 Å². The van der Waals surface area contributed by atoms with Crippen LogP contribution in [-0.4, -0.2) is 22.5 Å². The fourth-order valence-corrected chi connectivity index (χ4v) is 3.73. The highest BCUT2D eigenvalue weighted by molar-refractivity contribution is 14.1. The van der Waals surface area contributed by atoms with Crippen molar-refractivity contribution in [2.75, 3.05) is 0 Å². The number of carboxylic acids is 1. The molecule has 0 aromatic heterocycles. The summed E-state index contributed by atoms with van der Waals surface area (Å²) in [6.07, 6.45) is 0.325. The van der Waals surface area contributed by atoms with Gasteiger partial charge in [-0.3, -0.25) is 4.79 Å². The molecule has 1 aromatic carbocycles. The normalized spacial score (nSPS) is 13.7. The van der Waals surface area contributed by atoms with Crippen LogP contribution < -0.4 is 5.32 Å². The van der Waals surface area contributed by atoms with Gasteiger partial charge in [0.2, 0.25) is 0 Å². The Morgan fingerprint density at radius 2 is 1.89 bits per heavy atom. The average molecular weight is 599 g/mol. The number of hydrogen-bond acceptors (Lipinski definition) is 2. The van der Waals surface area contributed by atoms with Gasteiger partial charge in [0.05, 0.1) is 5.56 Å². The molecule has 4 nitrogen and oxygen atoms in total. The van der Waals surface area contributed by atoms with Gasteiger partial charge < -0.3 is 10.4 Å². The summed E-state index contributed by atoms with van der Waals surface area (Å²) in [5, 5.41) is 11.8. The fraction of sp³-hybridized carbons (Fsp3) is 0.333. The van der Waals surface area contributed by atoms with E-state index in [1.807, 2.05) is 6.07 Å². The summed E-state index contributed by atoms with van der Waals surface area (Å²) in [7, 11) is 0. The number of carboxylic acid groups (broad SMARTS) is 1. The molecule has 1 amide bonds. The molecule has 0 saturated heterocycles. The van der Waals surface area contributed by atoms with Crippen molar-refractivity contribution >= 4 is 79.6 Å². The Balaban J connectivity index is 3.12. The zero-order valence-electron chi connectivity index (χ0n) is 10.3. The maximum atomic E-state index is 12.3. The zero-order chi connectivity index (χ0) is 14.8. The van der Waals surface area contributed by atoms with E-state index in [-0.39, 0.29) is 5.91 Å². The Bertz CT molecular complexity index is 533. The van der Waals surface area contributed by atoms with Gasteiger partial charge in [-0.05, 0) is 93.2 Å². The van der Waals surface area contributed by atoms with Gasteiger partial charge in [0, 0.05) is 10.7 Å². The molecule has 0 aliphatic rings. The van der Waals surface area contributed by atoms with Crippen molar-refractivity contribution in [3.05, 3.63) is 28.4 Å². The first-order valence-corrected chi connectivity index (χ1v) is 8.65. The summed E-state index contributed by atoms with van der Waals surface area (Å²) in [4.78, 5) is 23.5. The highest BCUT2D eigenvalue weighted by atomic mass is 127. The van der Waals surface area contributed by atoms with Crippen molar-refractivity contribution in [3.63, 3.8) is 0 Å². The third kappa shape index (κ3) is 4.16. The lowest BCUT2D eigenvalue weighted by molar-refractivity contribution is -0.143. The second kappa shape index (κ2) is 6.87. The van der Waals surface area contributed by atoms with E-state index in [1.54, 1.807) is 13.0 Å².